The minimum atomic E-state index is 0.711. The first-order chi connectivity index (χ1) is 7.65. The molecule has 1 nitrogen and oxygen atoms in total. The van der Waals surface area contributed by atoms with Crippen molar-refractivity contribution in [2.75, 3.05) is 6.54 Å². The zero-order valence-corrected chi connectivity index (χ0v) is 11.1. The molecular weight excluding hydrogens is 194 g/mol. The fourth-order valence-corrected chi connectivity index (χ4v) is 1.79. The maximum atomic E-state index is 5.60. The van der Waals surface area contributed by atoms with Gasteiger partial charge in [-0.25, -0.2) is 0 Å². The molecule has 1 atom stereocenters. The van der Waals surface area contributed by atoms with Gasteiger partial charge in [-0.1, -0.05) is 29.4 Å². The van der Waals surface area contributed by atoms with E-state index in [1.165, 1.54) is 36.8 Å². The van der Waals surface area contributed by atoms with Gasteiger partial charge in [0.25, 0.3) is 0 Å². The van der Waals surface area contributed by atoms with Crippen LogP contribution in [0.2, 0.25) is 0 Å². The molecule has 0 aromatic heterocycles. The summed E-state index contributed by atoms with van der Waals surface area (Å²) in [6.45, 7) is 10.3. The van der Waals surface area contributed by atoms with E-state index in [-0.39, 0.29) is 0 Å². The van der Waals surface area contributed by atoms with Crippen LogP contribution in [0.5, 0.6) is 0 Å². The Bertz CT molecular complexity index is 248. The Balaban J connectivity index is 0.000000673. The van der Waals surface area contributed by atoms with Crippen LogP contribution in [0.1, 0.15) is 46.5 Å². The van der Waals surface area contributed by atoms with Gasteiger partial charge in [0.15, 0.2) is 0 Å². The third kappa shape index (κ3) is 6.62. The van der Waals surface area contributed by atoms with Crippen molar-refractivity contribution in [3.05, 3.63) is 36.0 Å². The van der Waals surface area contributed by atoms with Crippen LogP contribution >= 0.6 is 0 Å². The van der Waals surface area contributed by atoms with E-state index in [0.717, 1.165) is 5.92 Å². The first-order valence-electron chi connectivity index (χ1n) is 6.24. The first-order valence-corrected chi connectivity index (χ1v) is 6.24. The minimum absolute atomic E-state index is 0.711. The lowest BCUT2D eigenvalue weighted by molar-refractivity contribution is 0.534. The maximum absolute atomic E-state index is 5.60. The summed E-state index contributed by atoms with van der Waals surface area (Å²) < 4.78 is 0. The molecule has 0 saturated heterocycles. The lowest BCUT2D eigenvalue weighted by Crippen LogP contribution is -2.06. The third-order valence-corrected chi connectivity index (χ3v) is 2.96. The zero-order valence-electron chi connectivity index (χ0n) is 11.1. The van der Waals surface area contributed by atoms with E-state index in [0.29, 0.717) is 6.54 Å². The second kappa shape index (κ2) is 9.41. The third-order valence-electron chi connectivity index (χ3n) is 2.96. The summed E-state index contributed by atoms with van der Waals surface area (Å²) in [6.07, 6.45) is 11.6. The van der Waals surface area contributed by atoms with E-state index in [1.807, 2.05) is 6.92 Å². The molecule has 0 amide bonds. The highest BCUT2D eigenvalue weighted by molar-refractivity contribution is 5.13. The molecule has 1 aliphatic rings. The van der Waals surface area contributed by atoms with Crippen molar-refractivity contribution in [2.24, 2.45) is 11.7 Å². The molecule has 0 fully saturated rings. The van der Waals surface area contributed by atoms with Gasteiger partial charge in [0.05, 0.1) is 0 Å². The largest absolute Gasteiger partial charge is 0.327 e. The van der Waals surface area contributed by atoms with E-state index in [9.17, 15) is 0 Å². The van der Waals surface area contributed by atoms with Crippen molar-refractivity contribution in [1.82, 2.24) is 0 Å². The molecule has 16 heavy (non-hydrogen) atoms. The quantitative estimate of drug-likeness (QED) is 0.709. The molecule has 0 aliphatic heterocycles. The smallest absolute Gasteiger partial charge is 0.0136 e. The van der Waals surface area contributed by atoms with Gasteiger partial charge in [-0.15, -0.1) is 6.58 Å². The Labute approximate surface area is 101 Å². The highest BCUT2D eigenvalue weighted by Crippen LogP contribution is 2.24. The average Bonchev–Trinajstić information content (AvgIpc) is 2.30. The van der Waals surface area contributed by atoms with Crippen LogP contribution in [0.4, 0.5) is 0 Å². The van der Waals surface area contributed by atoms with Crippen LogP contribution in [0.15, 0.2) is 36.0 Å². The molecule has 0 bridgehead atoms. The van der Waals surface area contributed by atoms with Crippen LogP contribution in [-0.2, 0) is 0 Å². The fraction of sp³-hybridized carbons (Fsp3) is 0.600. The summed E-state index contributed by atoms with van der Waals surface area (Å²) in [5.74, 6) is 0.773. The fourth-order valence-electron chi connectivity index (χ4n) is 1.79. The van der Waals surface area contributed by atoms with Gasteiger partial charge in [-0.2, -0.15) is 0 Å². The number of nitrogens with two attached hydrogens (primary N) is 1. The second-order valence-corrected chi connectivity index (χ2v) is 4.50. The SMILES string of the molecule is C/C(CN)=C(\C)CC1C=CCCC1.C=CC. The van der Waals surface area contributed by atoms with Crippen molar-refractivity contribution in [1.29, 1.82) is 0 Å². The zero-order chi connectivity index (χ0) is 12.4. The molecule has 0 heterocycles. The maximum Gasteiger partial charge on any atom is 0.0136 e. The molecule has 1 rings (SSSR count). The summed E-state index contributed by atoms with van der Waals surface area (Å²) in [5.41, 5.74) is 8.45. The predicted molar refractivity (Wildman–Crippen MR) is 74.4 cm³/mol. The van der Waals surface area contributed by atoms with Crippen molar-refractivity contribution in [2.45, 2.75) is 46.5 Å². The average molecular weight is 221 g/mol. The molecular formula is C15H27N. The molecule has 1 unspecified atom stereocenters. The Kier molecular flexibility index (Phi) is 8.93. The summed E-state index contributed by atoms with van der Waals surface area (Å²) in [4.78, 5) is 0. The first kappa shape index (κ1) is 15.2. The molecule has 92 valence electrons. The highest BCUT2D eigenvalue weighted by atomic mass is 14.5. The molecule has 0 radical (unpaired) electrons. The van der Waals surface area contributed by atoms with E-state index in [2.05, 4.69) is 32.6 Å². The van der Waals surface area contributed by atoms with Gasteiger partial charge >= 0.3 is 0 Å². The Morgan fingerprint density at radius 2 is 2.06 bits per heavy atom. The van der Waals surface area contributed by atoms with Crippen LogP contribution in [-0.4, -0.2) is 6.54 Å². The van der Waals surface area contributed by atoms with Gasteiger partial charge in [-0.05, 0) is 52.4 Å². The van der Waals surface area contributed by atoms with Gasteiger partial charge < -0.3 is 5.73 Å². The van der Waals surface area contributed by atoms with Crippen molar-refractivity contribution in [3.63, 3.8) is 0 Å². The molecule has 0 aromatic carbocycles. The minimum Gasteiger partial charge on any atom is -0.327 e. The predicted octanol–water partition coefficient (Wildman–Crippen LogP) is 4.22. The van der Waals surface area contributed by atoms with Gasteiger partial charge in [-0.3, -0.25) is 0 Å². The normalized spacial score (nSPS) is 20.6. The van der Waals surface area contributed by atoms with Crippen molar-refractivity contribution < 1.29 is 0 Å². The van der Waals surface area contributed by atoms with E-state index in [4.69, 9.17) is 5.73 Å². The van der Waals surface area contributed by atoms with Crippen LogP contribution < -0.4 is 5.73 Å². The summed E-state index contributed by atoms with van der Waals surface area (Å²) in [7, 11) is 0. The molecule has 1 aliphatic carbocycles. The molecule has 0 saturated carbocycles. The molecule has 0 spiro atoms. The highest BCUT2D eigenvalue weighted by Gasteiger charge is 2.09. The Morgan fingerprint density at radius 3 is 2.50 bits per heavy atom. The van der Waals surface area contributed by atoms with Gasteiger partial charge in [0.1, 0.15) is 0 Å². The summed E-state index contributed by atoms with van der Waals surface area (Å²) in [5, 5.41) is 0. The molecule has 1 heteroatoms. The number of hydrogen-bond donors (Lipinski definition) is 1. The molecule has 0 aromatic rings. The number of allylic oxidation sites excluding steroid dienone is 4. The van der Waals surface area contributed by atoms with Crippen LogP contribution in [0.3, 0.4) is 0 Å². The van der Waals surface area contributed by atoms with E-state index in [1.54, 1.807) is 6.08 Å². The lowest BCUT2D eigenvalue weighted by atomic mass is 9.89. The van der Waals surface area contributed by atoms with Gasteiger partial charge in [0, 0.05) is 6.54 Å². The lowest BCUT2D eigenvalue weighted by Gasteiger charge is -2.17. The summed E-state index contributed by atoms with van der Waals surface area (Å²) in [6, 6.07) is 0. The van der Waals surface area contributed by atoms with Crippen LogP contribution in [0, 0.1) is 5.92 Å². The van der Waals surface area contributed by atoms with Gasteiger partial charge in [0.2, 0.25) is 0 Å². The Hall–Kier alpha value is -0.820. The van der Waals surface area contributed by atoms with E-state index >= 15 is 0 Å². The van der Waals surface area contributed by atoms with E-state index < -0.39 is 0 Å². The second-order valence-electron chi connectivity index (χ2n) is 4.50. The molecule has 2 N–H and O–H groups in total. The topological polar surface area (TPSA) is 26.0 Å². The van der Waals surface area contributed by atoms with Crippen molar-refractivity contribution in [3.8, 4) is 0 Å². The number of hydrogen-bond acceptors (Lipinski definition) is 1. The summed E-state index contributed by atoms with van der Waals surface area (Å²) >= 11 is 0. The standard InChI is InChI=1S/C12H21N.C3H6/c1-10(11(2)9-13)8-12-6-4-3-5-7-12;1-3-2/h4,6,12H,3,5,7-9,13H2,1-2H3;3H,1H2,2H3/b11-10-;. The monoisotopic (exact) mass is 221 g/mol. The van der Waals surface area contributed by atoms with Crippen LogP contribution in [0.25, 0.3) is 0 Å². The van der Waals surface area contributed by atoms with Crippen molar-refractivity contribution >= 4 is 0 Å². The number of rotatable bonds is 3. The Morgan fingerprint density at radius 1 is 1.44 bits per heavy atom.